The summed E-state index contributed by atoms with van der Waals surface area (Å²) < 4.78 is 48.3. The van der Waals surface area contributed by atoms with Crippen molar-refractivity contribution < 1.29 is 37.3 Å². The van der Waals surface area contributed by atoms with Crippen LogP contribution in [0, 0.1) is 0 Å². The fraction of sp³-hybridized carbons (Fsp3) is 0.111. The number of ether oxygens (including phenoxy) is 2. The van der Waals surface area contributed by atoms with Gasteiger partial charge in [0.05, 0.1) is 0 Å². The summed E-state index contributed by atoms with van der Waals surface area (Å²) in [6.07, 6.45) is -8.39. The van der Waals surface area contributed by atoms with Crippen molar-refractivity contribution in [2.24, 2.45) is 0 Å². The first-order chi connectivity index (χ1) is 12.3. The third-order valence-corrected chi connectivity index (χ3v) is 3.61. The van der Waals surface area contributed by atoms with Crippen LogP contribution in [0.1, 0.15) is 21.5 Å². The molecule has 0 fully saturated rings. The summed E-state index contributed by atoms with van der Waals surface area (Å²) >= 11 is 0. The molecule has 1 aliphatic rings. The minimum Gasteiger partial charge on any atom is -0.472 e. The summed E-state index contributed by atoms with van der Waals surface area (Å²) in [6, 6.07) is 12.2. The second-order valence-electron chi connectivity index (χ2n) is 5.40. The summed E-state index contributed by atoms with van der Waals surface area (Å²) in [5.74, 6) is -1.38. The van der Waals surface area contributed by atoms with E-state index >= 15 is 0 Å². The minimum atomic E-state index is -4.86. The standard InChI is InChI=1S/C18H11F3O5/c19-18(20,21)16-14(26-17(23)24)9-12-8-11(6-7-13(12)25-16)15(22)10-4-2-1-3-5-10/h1-9,16H,(H,23,24). The molecule has 1 atom stereocenters. The van der Waals surface area contributed by atoms with E-state index in [0.29, 0.717) is 5.56 Å². The number of fused-ring (bicyclic) bond motifs is 1. The first-order valence-electron chi connectivity index (χ1n) is 7.35. The van der Waals surface area contributed by atoms with E-state index in [4.69, 9.17) is 9.84 Å². The molecule has 1 N–H and O–H groups in total. The van der Waals surface area contributed by atoms with Crippen molar-refractivity contribution in [2.45, 2.75) is 12.3 Å². The molecule has 0 amide bonds. The predicted molar refractivity (Wildman–Crippen MR) is 83.9 cm³/mol. The van der Waals surface area contributed by atoms with Crippen molar-refractivity contribution >= 4 is 18.0 Å². The number of carboxylic acid groups (broad SMARTS) is 1. The lowest BCUT2D eigenvalue weighted by atomic mass is 9.99. The van der Waals surface area contributed by atoms with E-state index in [1.807, 2.05) is 0 Å². The molecule has 8 heteroatoms. The topological polar surface area (TPSA) is 72.8 Å². The Hall–Kier alpha value is -3.29. The number of ketones is 1. The zero-order chi connectivity index (χ0) is 18.9. The van der Waals surface area contributed by atoms with E-state index in [0.717, 1.165) is 6.08 Å². The highest BCUT2D eigenvalue weighted by atomic mass is 19.4. The van der Waals surface area contributed by atoms with E-state index in [1.54, 1.807) is 30.3 Å². The fourth-order valence-electron chi connectivity index (χ4n) is 2.49. The number of halogens is 3. The molecule has 3 rings (SSSR count). The van der Waals surface area contributed by atoms with Crippen molar-refractivity contribution in [2.75, 3.05) is 0 Å². The molecule has 1 aliphatic heterocycles. The molecular formula is C18H11F3O5. The molecular weight excluding hydrogens is 353 g/mol. The number of carbonyl (C=O) groups excluding carboxylic acids is 1. The number of rotatable bonds is 3. The Bertz CT molecular complexity index is 887. The maximum absolute atomic E-state index is 13.1. The maximum atomic E-state index is 13.1. The lowest BCUT2D eigenvalue weighted by molar-refractivity contribution is -0.191. The first kappa shape index (κ1) is 17.5. The average molecular weight is 364 g/mol. The summed E-state index contributed by atoms with van der Waals surface area (Å²) in [5.41, 5.74) is 0.738. The molecule has 0 spiro atoms. The van der Waals surface area contributed by atoms with Crippen LogP contribution in [0.5, 0.6) is 5.75 Å². The maximum Gasteiger partial charge on any atom is 0.511 e. The molecule has 1 unspecified atom stereocenters. The first-order valence-corrected chi connectivity index (χ1v) is 7.35. The molecule has 134 valence electrons. The van der Waals surface area contributed by atoms with E-state index in [2.05, 4.69) is 4.74 Å². The minimum absolute atomic E-state index is 0.114. The van der Waals surface area contributed by atoms with Crippen LogP contribution in [0.25, 0.3) is 6.08 Å². The van der Waals surface area contributed by atoms with Gasteiger partial charge in [-0.1, -0.05) is 30.3 Å². The summed E-state index contributed by atoms with van der Waals surface area (Å²) in [7, 11) is 0. The molecule has 0 radical (unpaired) electrons. The Labute approximate surface area is 145 Å². The molecule has 0 aliphatic carbocycles. The molecule has 26 heavy (non-hydrogen) atoms. The van der Waals surface area contributed by atoms with Crippen LogP contribution in [0.15, 0.2) is 54.3 Å². The van der Waals surface area contributed by atoms with Gasteiger partial charge in [-0.3, -0.25) is 4.79 Å². The van der Waals surface area contributed by atoms with Gasteiger partial charge in [-0.15, -0.1) is 0 Å². The monoisotopic (exact) mass is 364 g/mol. The van der Waals surface area contributed by atoms with Gasteiger partial charge in [0.15, 0.2) is 11.5 Å². The van der Waals surface area contributed by atoms with Crippen LogP contribution < -0.4 is 4.74 Å². The van der Waals surface area contributed by atoms with Crippen LogP contribution in [0.3, 0.4) is 0 Å². The molecule has 1 heterocycles. The molecule has 5 nitrogen and oxygen atoms in total. The summed E-state index contributed by atoms with van der Waals surface area (Å²) in [6.45, 7) is 0. The Morgan fingerprint density at radius 1 is 1.04 bits per heavy atom. The van der Waals surface area contributed by atoms with Crippen molar-refractivity contribution in [1.29, 1.82) is 0 Å². The second kappa shape index (κ2) is 6.55. The van der Waals surface area contributed by atoms with E-state index < -0.39 is 24.2 Å². The van der Waals surface area contributed by atoms with Gasteiger partial charge in [0.25, 0.3) is 6.10 Å². The van der Waals surface area contributed by atoms with Gasteiger partial charge in [0, 0.05) is 16.7 Å². The number of carbonyl (C=O) groups is 2. The summed E-state index contributed by atoms with van der Waals surface area (Å²) in [4.78, 5) is 23.1. The van der Waals surface area contributed by atoms with Crippen molar-refractivity contribution in [3.63, 3.8) is 0 Å². The Kier molecular flexibility index (Phi) is 4.41. The molecule has 2 aromatic carbocycles. The van der Waals surface area contributed by atoms with Gasteiger partial charge in [0.2, 0.25) is 0 Å². The lowest BCUT2D eigenvalue weighted by Gasteiger charge is -2.27. The van der Waals surface area contributed by atoms with Crippen LogP contribution in [-0.2, 0) is 4.74 Å². The Morgan fingerprint density at radius 2 is 1.73 bits per heavy atom. The largest absolute Gasteiger partial charge is 0.511 e. The third-order valence-electron chi connectivity index (χ3n) is 3.61. The van der Waals surface area contributed by atoms with Crippen LogP contribution in [-0.4, -0.2) is 29.3 Å². The van der Waals surface area contributed by atoms with Gasteiger partial charge in [0.1, 0.15) is 5.75 Å². The smallest absolute Gasteiger partial charge is 0.472 e. The van der Waals surface area contributed by atoms with Gasteiger partial charge in [-0.25, -0.2) is 4.79 Å². The molecule has 0 bridgehead atoms. The molecule has 0 aromatic heterocycles. The van der Waals surface area contributed by atoms with Gasteiger partial charge in [-0.2, -0.15) is 13.2 Å². The zero-order valence-electron chi connectivity index (χ0n) is 13.0. The zero-order valence-corrected chi connectivity index (χ0v) is 13.0. The average Bonchev–Trinajstić information content (AvgIpc) is 2.59. The van der Waals surface area contributed by atoms with Gasteiger partial charge in [-0.05, 0) is 24.3 Å². The van der Waals surface area contributed by atoms with E-state index in [9.17, 15) is 22.8 Å². The molecule has 0 saturated heterocycles. The van der Waals surface area contributed by atoms with Gasteiger partial charge >= 0.3 is 12.3 Å². The Balaban J connectivity index is 2.00. The van der Waals surface area contributed by atoms with E-state index in [-0.39, 0.29) is 22.7 Å². The fourth-order valence-corrected chi connectivity index (χ4v) is 2.49. The highest BCUT2D eigenvalue weighted by Crippen LogP contribution is 2.38. The normalized spacial score (nSPS) is 16.1. The van der Waals surface area contributed by atoms with Crippen LogP contribution in [0.2, 0.25) is 0 Å². The predicted octanol–water partition coefficient (Wildman–Crippen LogP) is 4.28. The third kappa shape index (κ3) is 3.53. The number of benzene rings is 2. The quantitative estimate of drug-likeness (QED) is 0.650. The highest BCUT2D eigenvalue weighted by Gasteiger charge is 2.48. The lowest BCUT2D eigenvalue weighted by Crippen LogP contribution is -2.39. The van der Waals surface area contributed by atoms with Crippen molar-refractivity contribution in [3.8, 4) is 5.75 Å². The number of alkyl halides is 3. The van der Waals surface area contributed by atoms with E-state index in [1.165, 1.54) is 18.2 Å². The Morgan fingerprint density at radius 3 is 2.35 bits per heavy atom. The molecule has 2 aromatic rings. The highest BCUT2D eigenvalue weighted by molar-refractivity contribution is 6.09. The van der Waals surface area contributed by atoms with Crippen molar-refractivity contribution in [1.82, 2.24) is 0 Å². The second-order valence-corrected chi connectivity index (χ2v) is 5.40. The summed E-state index contributed by atoms with van der Waals surface area (Å²) in [5, 5.41) is 8.65. The van der Waals surface area contributed by atoms with Gasteiger partial charge < -0.3 is 14.6 Å². The van der Waals surface area contributed by atoms with Crippen LogP contribution in [0.4, 0.5) is 18.0 Å². The number of hydrogen-bond acceptors (Lipinski definition) is 4. The molecule has 0 saturated carbocycles. The van der Waals surface area contributed by atoms with Crippen LogP contribution >= 0.6 is 0 Å². The SMILES string of the molecule is O=C(O)OC1=Cc2cc(C(=O)c3ccccc3)ccc2OC1C(F)(F)F. The number of hydrogen-bond donors (Lipinski definition) is 1. The van der Waals surface area contributed by atoms with Crippen molar-refractivity contribution in [3.05, 3.63) is 71.0 Å².